The number of imidazole rings is 1. The van der Waals surface area contributed by atoms with Crippen LogP contribution in [0.5, 0.6) is 0 Å². The number of anilines is 1. The minimum Gasteiger partial charge on any atom is -0.338 e. The molecule has 4 rings (SSSR count). The third-order valence-corrected chi connectivity index (χ3v) is 4.55. The molecular weight excluding hydrogens is 379 g/mol. The molecule has 0 spiro atoms. The lowest BCUT2D eigenvalue weighted by atomic mass is 10.1. The summed E-state index contributed by atoms with van der Waals surface area (Å²) < 4.78 is 14.1. The highest BCUT2D eigenvalue weighted by molar-refractivity contribution is 6.34. The van der Waals surface area contributed by atoms with Crippen LogP contribution in [0.25, 0.3) is 22.4 Å². The predicted octanol–water partition coefficient (Wildman–Crippen LogP) is 5.15. The van der Waals surface area contributed by atoms with Gasteiger partial charge in [0.15, 0.2) is 0 Å². The topological polar surface area (TPSA) is 81.6 Å². The lowest BCUT2D eigenvalue weighted by Crippen LogP contribution is -2.14. The number of carbonyl (C=O) groups is 1. The molecule has 2 N–H and O–H groups in total. The highest BCUT2D eigenvalue weighted by atomic mass is 35.5. The van der Waals surface area contributed by atoms with E-state index < -0.39 is 11.7 Å². The van der Waals surface area contributed by atoms with E-state index in [1.54, 1.807) is 18.2 Å². The molecule has 1 aromatic heterocycles. The van der Waals surface area contributed by atoms with Crippen LogP contribution in [0, 0.1) is 17.1 Å². The van der Waals surface area contributed by atoms with Gasteiger partial charge in [0.25, 0.3) is 5.91 Å². The molecule has 0 saturated heterocycles. The maximum Gasteiger partial charge on any atom is 0.258 e. The Bertz CT molecular complexity index is 1230. The fourth-order valence-electron chi connectivity index (χ4n) is 2.82. The van der Waals surface area contributed by atoms with Gasteiger partial charge in [-0.1, -0.05) is 23.7 Å². The fourth-order valence-corrected chi connectivity index (χ4v) is 2.98. The zero-order chi connectivity index (χ0) is 19.7. The minimum absolute atomic E-state index is 0.138. The molecule has 1 heterocycles. The number of carbonyl (C=O) groups excluding carboxylic acids is 1. The van der Waals surface area contributed by atoms with Crippen LogP contribution in [0.15, 0.2) is 60.7 Å². The quantitative estimate of drug-likeness (QED) is 0.507. The lowest BCUT2D eigenvalue weighted by molar-refractivity contribution is 0.102. The normalized spacial score (nSPS) is 10.6. The van der Waals surface area contributed by atoms with Gasteiger partial charge in [-0.15, -0.1) is 0 Å². The number of aromatic amines is 1. The monoisotopic (exact) mass is 390 g/mol. The number of aromatic nitrogens is 2. The van der Waals surface area contributed by atoms with Gasteiger partial charge in [0, 0.05) is 5.56 Å². The van der Waals surface area contributed by atoms with E-state index in [9.17, 15) is 9.18 Å². The Labute approximate surface area is 164 Å². The van der Waals surface area contributed by atoms with Crippen molar-refractivity contribution in [1.29, 1.82) is 5.26 Å². The molecule has 0 atom stereocenters. The van der Waals surface area contributed by atoms with E-state index in [4.69, 9.17) is 16.9 Å². The van der Waals surface area contributed by atoms with Gasteiger partial charge < -0.3 is 10.3 Å². The molecule has 28 heavy (non-hydrogen) atoms. The second kappa shape index (κ2) is 7.14. The third kappa shape index (κ3) is 3.31. The minimum atomic E-state index is -0.777. The Morgan fingerprint density at radius 2 is 1.96 bits per heavy atom. The van der Waals surface area contributed by atoms with Crippen molar-refractivity contribution in [1.82, 2.24) is 9.97 Å². The summed E-state index contributed by atoms with van der Waals surface area (Å²) in [7, 11) is 0. The van der Waals surface area contributed by atoms with E-state index in [1.807, 2.05) is 30.3 Å². The van der Waals surface area contributed by atoms with Crippen molar-refractivity contribution in [2.45, 2.75) is 0 Å². The molecule has 0 saturated carbocycles. The standard InChI is InChI=1S/C21H12ClFN4O/c22-15-8-6-13(20-25-17-3-1-2-4-18(17)26-20)10-19(15)27-21(28)14-7-5-12(11-24)9-16(14)23/h1-10H,(H,25,26)(H,27,28). The molecule has 4 aromatic rings. The number of fused-ring (bicyclic) bond motifs is 1. The van der Waals surface area contributed by atoms with Crippen LogP contribution in [-0.2, 0) is 0 Å². The van der Waals surface area contributed by atoms with Crippen LogP contribution in [-0.4, -0.2) is 15.9 Å². The second-order valence-corrected chi connectivity index (χ2v) is 6.46. The number of nitriles is 1. The molecular formula is C21H12ClFN4O. The zero-order valence-electron chi connectivity index (χ0n) is 14.3. The first-order valence-electron chi connectivity index (χ1n) is 8.31. The van der Waals surface area contributed by atoms with Crippen molar-refractivity contribution in [2.24, 2.45) is 0 Å². The maximum absolute atomic E-state index is 14.1. The number of para-hydroxylation sites is 2. The number of benzene rings is 3. The Balaban J connectivity index is 1.66. The summed E-state index contributed by atoms with van der Waals surface area (Å²) in [4.78, 5) is 20.2. The molecule has 0 aliphatic carbocycles. The molecule has 3 aromatic carbocycles. The van der Waals surface area contributed by atoms with Gasteiger partial charge in [-0.2, -0.15) is 5.26 Å². The Kier molecular flexibility index (Phi) is 4.52. The molecule has 0 aliphatic heterocycles. The number of halogens is 2. The van der Waals surface area contributed by atoms with E-state index in [2.05, 4.69) is 15.3 Å². The van der Waals surface area contributed by atoms with Crippen LogP contribution in [0.2, 0.25) is 5.02 Å². The number of nitrogens with zero attached hydrogens (tertiary/aromatic N) is 2. The van der Waals surface area contributed by atoms with Crippen LogP contribution in [0.3, 0.4) is 0 Å². The summed E-state index contributed by atoms with van der Waals surface area (Å²) in [5, 5.41) is 11.7. The first-order chi connectivity index (χ1) is 13.5. The first kappa shape index (κ1) is 17.7. The Morgan fingerprint density at radius 1 is 1.14 bits per heavy atom. The third-order valence-electron chi connectivity index (χ3n) is 4.22. The molecule has 0 unspecified atom stereocenters. The van der Waals surface area contributed by atoms with Crippen molar-refractivity contribution >= 4 is 34.2 Å². The number of amides is 1. The number of nitrogens with one attached hydrogen (secondary N) is 2. The van der Waals surface area contributed by atoms with Crippen molar-refractivity contribution in [3.63, 3.8) is 0 Å². The van der Waals surface area contributed by atoms with Gasteiger partial charge in [-0.25, -0.2) is 9.37 Å². The largest absolute Gasteiger partial charge is 0.338 e. The van der Waals surface area contributed by atoms with Crippen molar-refractivity contribution < 1.29 is 9.18 Å². The molecule has 0 bridgehead atoms. The summed E-state index contributed by atoms with van der Waals surface area (Å²) >= 11 is 6.20. The first-order valence-corrected chi connectivity index (χ1v) is 8.68. The van der Waals surface area contributed by atoms with Gasteiger partial charge in [0.1, 0.15) is 11.6 Å². The summed E-state index contributed by atoms with van der Waals surface area (Å²) in [6, 6.07) is 18.2. The molecule has 0 fully saturated rings. The number of hydrogen-bond acceptors (Lipinski definition) is 3. The Hall–Kier alpha value is -3.69. The lowest BCUT2D eigenvalue weighted by Gasteiger charge is -2.09. The molecule has 1 amide bonds. The average Bonchev–Trinajstić information content (AvgIpc) is 3.13. The highest BCUT2D eigenvalue weighted by Gasteiger charge is 2.15. The smallest absolute Gasteiger partial charge is 0.258 e. The maximum atomic E-state index is 14.1. The molecule has 0 radical (unpaired) electrons. The Morgan fingerprint density at radius 3 is 2.71 bits per heavy atom. The average molecular weight is 391 g/mol. The van der Waals surface area contributed by atoms with E-state index >= 15 is 0 Å². The van der Waals surface area contributed by atoms with Gasteiger partial charge in [-0.05, 0) is 48.5 Å². The zero-order valence-corrected chi connectivity index (χ0v) is 15.1. The fraction of sp³-hybridized carbons (Fsp3) is 0. The number of hydrogen-bond donors (Lipinski definition) is 2. The summed E-state index contributed by atoms with van der Waals surface area (Å²) in [5.74, 6) is -0.815. The summed E-state index contributed by atoms with van der Waals surface area (Å²) in [5.41, 5.74) is 2.71. The summed E-state index contributed by atoms with van der Waals surface area (Å²) in [6.07, 6.45) is 0. The van der Waals surface area contributed by atoms with E-state index in [1.165, 1.54) is 12.1 Å². The second-order valence-electron chi connectivity index (χ2n) is 6.06. The molecule has 7 heteroatoms. The van der Waals surface area contributed by atoms with Crippen molar-refractivity contribution in [3.8, 4) is 17.5 Å². The SMILES string of the molecule is N#Cc1ccc(C(=O)Nc2cc(-c3nc4ccccc4[nH]3)ccc2Cl)c(F)c1. The van der Waals surface area contributed by atoms with Crippen molar-refractivity contribution in [2.75, 3.05) is 5.32 Å². The van der Waals surface area contributed by atoms with Crippen LogP contribution in [0.4, 0.5) is 10.1 Å². The predicted molar refractivity (Wildman–Crippen MR) is 106 cm³/mol. The number of rotatable bonds is 3. The van der Waals surface area contributed by atoms with E-state index in [0.29, 0.717) is 16.5 Å². The molecule has 0 aliphatic rings. The number of H-pyrrole nitrogens is 1. The molecule has 136 valence electrons. The van der Waals surface area contributed by atoms with Crippen LogP contribution >= 0.6 is 11.6 Å². The van der Waals surface area contributed by atoms with E-state index in [0.717, 1.165) is 22.7 Å². The van der Waals surface area contributed by atoms with Crippen molar-refractivity contribution in [3.05, 3.63) is 82.6 Å². The van der Waals surface area contributed by atoms with Gasteiger partial charge in [0.05, 0.1) is 38.9 Å². The van der Waals surface area contributed by atoms with Gasteiger partial charge >= 0.3 is 0 Å². The highest BCUT2D eigenvalue weighted by Crippen LogP contribution is 2.29. The van der Waals surface area contributed by atoms with Gasteiger partial charge in [-0.3, -0.25) is 4.79 Å². The van der Waals surface area contributed by atoms with E-state index in [-0.39, 0.29) is 11.1 Å². The summed E-state index contributed by atoms with van der Waals surface area (Å²) in [6.45, 7) is 0. The van der Waals surface area contributed by atoms with Gasteiger partial charge in [0.2, 0.25) is 0 Å². The molecule has 5 nitrogen and oxygen atoms in total. The van der Waals surface area contributed by atoms with Crippen LogP contribution in [0.1, 0.15) is 15.9 Å². The van der Waals surface area contributed by atoms with Crippen LogP contribution < -0.4 is 5.32 Å².